The molecule has 1 rings (SSSR count). The van der Waals surface area contributed by atoms with Gasteiger partial charge in [0.05, 0.1) is 12.6 Å². The molecule has 0 heterocycles. The van der Waals surface area contributed by atoms with Crippen molar-refractivity contribution < 1.29 is 14.6 Å². The topological polar surface area (TPSA) is 58.6 Å². The number of ether oxygens (including phenoxy) is 1. The number of hydrogen-bond donors (Lipinski definition) is 2. The van der Waals surface area contributed by atoms with Crippen LogP contribution in [0, 0.1) is 6.92 Å². The van der Waals surface area contributed by atoms with E-state index in [1.54, 1.807) is 18.2 Å². The summed E-state index contributed by atoms with van der Waals surface area (Å²) >= 11 is 5.89. The monoisotopic (exact) mass is 271 g/mol. The number of hydrogen-bond acceptors (Lipinski definition) is 3. The van der Waals surface area contributed by atoms with Crippen LogP contribution < -0.4 is 10.1 Å². The predicted molar refractivity (Wildman–Crippen MR) is 71.0 cm³/mol. The van der Waals surface area contributed by atoms with E-state index in [0.717, 1.165) is 5.56 Å². The zero-order valence-electron chi connectivity index (χ0n) is 10.6. The van der Waals surface area contributed by atoms with Crippen molar-refractivity contribution in [3.05, 3.63) is 28.8 Å². The van der Waals surface area contributed by atoms with E-state index in [9.17, 15) is 4.79 Å². The Labute approximate surface area is 112 Å². The highest BCUT2D eigenvalue weighted by molar-refractivity contribution is 6.31. The van der Waals surface area contributed by atoms with Gasteiger partial charge in [-0.05, 0) is 37.1 Å². The van der Waals surface area contributed by atoms with Gasteiger partial charge in [0.25, 0.3) is 5.91 Å². The summed E-state index contributed by atoms with van der Waals surface area (Å²) in [5.74, 6) is 0.354. The second-order valence-electron chi connectivity index (χ2n) is 4.05. The molecule has 1 atom stereocenters. The average molecular weight is 272 g/mol. The van der Waals surface area contributed by atoms with E-state index in [4.69, 9.17) is 21.4 Å². The summed E-state index contributed by atoms with van der Waals surface area (Å²) in [6.45, 7) is 3.62. The summed E-state index contributed by atoms with van der Waals surface area (Å²) in [4.78, 5) is 11.5. The zero-order valence-corrected chi connectivity index (χ0v) is 11.3. The van der Waals surface area contributed by atoms with Crippen molar-refractivity contribution in [1.82, 2.24) is 5.32 Å². The van der Waals surface area contributed by atoms with Gasteiger partial charge in [-0.3, -0.25) is 4.79 Å². The summed E-state index contributed by atoms with van der Waals surface area (Å²) < 4.78 is 5.34. The fourth-order valence-electron chi connectivity index (χ4n) is 1.40. The SMILES string of the molecule is CC[C@@H](CO)NC(=O)COc1ccc(Cl)c(C)c1. The van der Waals surface area contributed by atoms with Crippen LogP contribution in [0.1, 0.15) is 18.9 Å². The van der Waals surface area contributed by atoms with Gasteiger partial charge in [-0.1, -0.05) is 18.5 Å². The molecule has 0 bridgehead atoms. The molecule has 0 aliphatic carbocycles. The van der Waals surface area contributed by atoms with Crippen molar-refractivity contribution in [3.8, 4) is 5.75 Å². The predicted octanol–water partition coefficient (Wildman–Crippen LogP) is 1.91. The fraction of sp³-hybridized carbons (Fsp3) is 0.462. The van der Waals surface area contributed by atoms with Crippen molar-refractivity contribution >= 4 is 17.5 Å². The Morgan fingerprint density at radius 1 is 1.56 bits per heavy atom. The van der Waals surface area contributed by atoms with Crippen molar-refractivity contribution in [2.24, 2.45) is 0 Å². The molecule has 1 aromatic carbocycles. The second-order valence-corrected chi connectivity index (χ2v) is 4.46. The second kappa shape index (κ2) is 7.24. The Morgan fingerprint density at radius 2 is 2.28 bits per heavy atom. The molecule has 4 nitrogen and oxygen atoms in total. The number of aryl methyl sites for hydroxylation is 1. The van der Waals surface area contributed by atoms with Crippen LogP contribution >= 0.6 is 11.6 Å². The molecule has 18 heavy (non-hydrogen) atoms. The molecular formula is C13H18ClNO3. The lowest BCUT2D eigenvalue weighted by molar-refractivity contribution is -0.124. The number of carbonyl (C=O) groups excluding carboxylic acids is 1. The number of carbonyl (C=O) groups is 1. The van der Waals surface area contributed by atoms with E-state index in [-0.39, 0.29) is 25.2 Å². The van der Waals surface area contributed by atoms with Gasteiger partial charge in [-0.15, -0.1) is 0 Å². The zero-order chi connectivity index (χ0) is 13.5. The van der Waals surface area contributed by atoms with Gasteiger partial charge < -0.3 is 15.2 Å². The summed E-state index contributed by atoms with van der Waals surface area (Å²) in [5, 5.41) is 12.3. The Bertz CT molecular complexity index is 405. The minimum absolute atomic E-state index is 0.0672. The third-order valence-corrected chi connectivity index (χ3v) is 3.00. The normalized spacial score (nSPS) is 12.0. The summed E-state index contributed by atoms with van der Waals surface area (Å²) in [5.41, 5.74) is 0.899. The molecule has 2 N–H and O–H groups in total. The number of benzene rings is 1. The number of aliphatic hydroxyl groups excluding tert-OH is 1. The molecule has 0 saturated heterocycles. The maximum atomic E-state index is 11.5. The molecule has 0 unspecified atom stereocenters. The molecule has 0 fully saturated rings. The highest BCUT2D eigenvalue weighted by atomic mass is 35.5. The summed E-state index contributed by atoms with van der Waals surface area (Å²) in [6.07, 6.45) is 0.683. The summed E-state index contributed by atoms with van der Waals surface area (Å²) in [7, 11) is 0. The lowest BCUT2D eigenvalue weighted by atomic mass is 10.2. The number of amides is 1. The number of nitrogens with one attached hydrogen (secondary N) is 1. The van der Waals surface area contributed by atoms with Crippen LogP contribution in [-0.2, 0) is 4.79 Å². The molecule has 0 saturated carbocycles. The third kappa shape index (κ3) is 4.55. The van der Waals surface area contributed by atoms with Crippen molar-refractivity contribution in [1.29, 1.82) is 0 Å². The molecule has 0 aliphatic heterocycles. The smallest absolute Gasteiger partial charge is 0.258 e. The average Bonchev–Trinajstić information content (AvgIpc) is 2.37. The van der Waals surface area contributed by atoms with E-state index < -0.39 is 0 Å². The number of rotatable bonds is 6. The van der Waals surface area contributed by atoms with Crippen LogP contribution in [0.15, 0.2) is 18.2 Å². The molecule has 0 aliphatic rings. The third-order valence-electron chi connectivity index (χ3n) is 2.58. The Morgan fingerprint density at radius 3 is 2.83 bits per heavy atom. The fourth-order valence-corrected chi connectivity index (χ4v) is 1.52. The van der Waals surface area contributed by atoms with Gasteiger partial charge in [-0.25, -0.2) is 0 Å². The van der Waals surface area contributed by atoms with Crippen LogP contribution in [0.5, 0.6) is 5.75 Å². The van der Waals surface area contributed by atoms with Gasteiger partial charge in [0.1, 0.15) is 5.75 Å². The molecule has 1 aromatic rings. The first-order chi connectivity index (χ1) is 8.56. The minimum atomic E-state index is -0.247. The van der Waals surface area contributed by atoms with E-state index in [0.29, 0.717) is 17.2 Å². The quantitative estimate of drug-likeness (QED) is 0.831. The van der Waals surface area contributed by atoms with Gasteiger partial charge in [-0.2, -0.15) is 0 Å². The van der Waals surface area contributed by atoms with Crippen LogP contribution in [0.4, 0.5) is 0 Å². The Balaban J connectivity index is 2.44. The number of aliphatic hydroxyl groups is 1. The molecule has 1 amide bonds. The Kier molecular flexibility index (Phi) is 5.95. The largest absolute Gasteiger partial charge is 0.484 e. The van der Waals surface area contributed by atoms with Crippen molar-refractivity contribution in [2.45, 2.75) is 26.3 Å². The molecule has 100 valence electrons. The lowest BCUT2D eigenvalue weighted by Gasteiger charge is -2.14. The molecule has 0 radical (unpaired) electrons. The van der Waals surface area contributed by atoms with Crippen LogP contribution in [-0.4, -0.2) is 30.3 Å². The van der Waals surface area contributed by atoms with Gasteiger partial charge in [0.15, 0.2) is 6.61 Å². The molecular weight excluding hydrogens is 254 g/mol. The first-order valence-corrected chi connectivity index (χ1v) is 6.23. The first-order valence-electron chi connectivity index (χ1n) is 5.86. The highest BCUT2D eigenvalue weighted by Crippen LogP contribution is 2.20. The first kappa shape index (κ1) is 14.8. The van der Waals surface area contributed by atoms with Gasteiger partial charge >= 0.3 is 0 Å². The highest BCUT2D eigenvalue weighted by Gasteiger charge is 2.09. The minimum Gasteiger partial charge on any atom is -0.484 e. The van der Waals surface area contributed by atoms with Crippen LogP contribution in [0.25, 0.3) is 0 Å². The van der Waals surface area contributed by atoms with E-state index >= 15 is 0 Å². The Hall–Kier alpha value is -1.26. The van der Waals surface area contributed by atoms with E-state index in [2.05, 4.69) is 5.32 Å². The van der Waals surface area contributed by atoms with Gasteiger partial charge in [0.2, 0.25) is 0 Å². The standard InChI is InChI=1S/C13H18ClNO3/c1-3-10(7-16)15-13(17)8-18-11-4-5-12(14)9(2)6-11/h4-6,10,16H,3,7-8H2,1-2H3,(H,15,17)/t10-/m0/s1. The lowest BCUT2D eigenvalue weighted by Crippen LogP contribution is -2.39. The van der Waals surface area contributed by atoms with E-state index in [1.165, 1.54) is 0 Å². The maximum Gasteiger partial charge on any atom is 0.258 e. The number of halogens is 1. The van der Waals surface area contributed by atoms with Crippen LogP contribution in [0.2, 0.25) is 5.02 Å². The van der Waals surface area contributed by atoms with E-state index in [1.807, 2.05) is 13.8 Å². The van der Waals surface area contributed by atoms with Crippen molar-refractivity contribution in [3.63, 3.8) is 0 Å². The molecule has 0 spiro atoms. The molecule has 0 aromatic heterocycles. The summed E-state index contributed by atoms with van der Waals surface area (Å²) in [6, 6.07) is 5.01. The van der Waals surface area contributed by atoms with Crippen molar-refractivity contribution in [2.75, 3.05) is 13.2 Å². The maximum absolute atomic E-state index is 11.5. The van der Waals surface area contributed by atoms with Crippen LogP contribution in [0.3, 0.4) is 0 Å². The molecule has 5 heteroatoms. The van der Waals surface area contributed by atoms with Gasteiger partial charge in [0, 0.05) is 5.02 Å².